The molecule has 0 saturated heterocycles. The van der Waals surface area contributed by atoms with E-state index in [0.717, 1.165) is 35.8 Å². The largest absolute Gasteiger partial charge is 0.494 e. The van der Waals surface area contributed by atoms with Crippen LogP contribution in [0.2, 0.25) is 0 Å². The number of hydrogen-bond donors (Lipinski definition) is 0. The zero-order valence-corrected chi connectivity index (χ0v) is 18.6. The number of thiazole rings is 1. The molecule has 5 nitrogen and oxygen atoms in total. The predicted molar refractivity (Wildman–Crippen MR) is 118 cm³/mol. The molecule has 0 bridgehead atoms. The summed E-state index contributed by atoms with van der Waals surface area (Å²) in [6, 6.07) is 16.8. The van der Waals surface area contributed by atoms with Crippen molar-refractivity contribution in [2.45, 2.75) is 24.8 Å². The molecule has 0 saturated carbocycles. The topological polar surface area (TPSA) is 59.5 Å². The molecule has 0 atom stereocenters. The highest BCUT2D eigenvalue weighted by atomic mass is 32.2. The Kier molecular flexibility index (Phi) is 7.05. The van der Waals surface area contributed by atoms with Gasteiger partial charge in [-0.3, -0.25) is 0 Å². The number of ether oxygens (including phenoxy) is 1. The maximum Gasteiger partial charge on any atom is 0.175 e. The molecule has 0 aliphatic carbocycles. The fourth-order valence-corrected chi connectivity index (χ4v) is 4.69. The third-order valence-corrected chi connectivity index (χ3v) is 6.85. The first-order valence-corrected chi connectivity index (χ1v) is 12.2. The molecule has 7 heteroatoms. The Bertz CT molecular complexity index is 1030. The number of benzene rings is 2. The average Bonchev–Trinajstić information content (AvgIpc) is 3.06. The van der Waals surface area contributed by atoms with Crippen LogP contribution in [0.3, 0.4) is 0 Å². The Balaban J connectivity index is 1.46. The number of sulfone groups is 1. The summed E-state index contributed by atoms with van der Waals surface area (Å²) in [4.78, 5) is 8.57. The van der Waals surface area contributed by atoms with Crippen molar-refractivity contribution >= 4 is 21.2 Å². The summed E-state index contributed by atoms with van der Waals surface area (Å²) in [6.07, 6.45) is 2.08. The van der Waals surface area contributed by atoms with Crippen LogP contribution in [0.1, 0.15) is 17.0 Å². The number of aromatic nitrogens is 1. The van der Waals surface area contributed by atoms with Gasteiger partial charge in [0.2, 0.25) is 0 Å². The van der Waals surface area contributed by atoms with Gasteiger partial charge in [0.05, 0.1) is 17.2 Å². The van der Waals surface area contributed by atoms with Gasteiger partial charge in [0.15, 0.2) is 9.84 Å². The van der Waals surface area contributed by atoms with E-state index in [1.165, 1.54) is 11.1 Å². The lowest BCUT2D eigenvalue weighted by molar-refractivity contribution is 0.259. The predicted octanol–water partition coefficient (Wildman–Crippen LogP) is 4.42. The molecular weight excluding hydrogens is 404 g/mol. The average molecular weight is 431 g/mol. The Labute approximate surface area is 176 Å². The maximum atomic E-state index is 11.5. The second-order valence-corrected chi connectivity index (χ2v) is 10.2. The molecule has 0 radical (unpaired) electrons. The number of rotatable bonds is 9. The minimum Gasteiger partial charge on any atom is -0.494 e. The fraction of sp³-hybridized carbons (Fsp3) is 0.318. The molecular formula is C22H26N2O3S2. The molecule has 0 fully saturated rings. The fourth-order valence-electron chi connectivity index (χ4n) is 2.91. The van der Waals surface area contributed by atoms with Gasteiger partial charge in [-0.2, -0.15) is 0 Å². The van der Waals surface area contributed by atoms with Crippen LogP contribution >= 0.6 is 11.3 Å². The quantitative estimate of drug-likeness (QED) is 0.470. The zero-order valence-electron chi connectivity index (χ0n) is 17.0. The summed E-state index contributed by atoms with van der Waals surface area (Å²) in [5.74, 6) is 0.686. The van der Waals surface area contributed by atoms with Crippen LogP contribution in [0.15, 0.2) is 59.5 Å². The first kappa shape index (κ1) is 21.5. The van der Waals surface area contributed by atoms with Gasteiger partial charge in [-0.1, -0.05) is 30.3 Å². The van der Waals surface area contributed by atoms with Crippen LogP contribution in [0.25, 0.3) is 10.6 Å². The Morgan fingerprint density at radius 3 is 2.41 bits per heavy atom. The van der Waals surface area contributed by atoms with Gasteiger partial charge in [0.1, 0.15) is 10.8 Å². The van der Waals surface area contributed by atoms with E-state index in [9.17, 15) is 8.42 Å². The molecule has 154 valence electrons. The molecule has 29 heavy (non-hydrogen) atoms. The van der Waals surface area contributed by atoms with Gasteiger partial charge in [-0.15, -0.1) is 11.3 Å². The summed E-state index contributed by atoms with van der Waals surface area (Å²) >= 11 is 1.75. The Hall–Kier alpha value is -2.22. The van der Waals surface area contributed by atoms with Gasteiger partial charge in [0.25, 0.3) is 0 Å². The minimum atomic E-state index is -3.17. The van der Waals surface area contributed by atoms with Crippen molar-refractivity contribution in [2.24, 2.45) is 0 Å². The van der Waals surface area contributed by atoms with Crippen LogP contribution in [-0.2, 0) is 16.4 Å². The maximum absolute atomic E-state index is 11.5. The second kappa shape index (κ2) is 9.52. The monoisotopic (exact) mass is 430 g/mol. The van der Waals surface area contributed by atoms with Gasteiger partial charge in [0, 0.05) is 29.8 Å². The van der Waals surface area contributed by atoms with Gasteiger partial charge < -0.3 is 9.64 Å². The summed E-state index contributed by atoms with van der Waals surface area (Å²) in [5, 5.41) is 1.06. The van der Waals surface area contributed by atoms with Crippen molar-refractivity contribution in [1.82, 2.24) is 9.88 Å². The molecule has 1 heterocycles. The van der Waals surface area contributed by atoms with Crippen molar-refractivity contribution in [2.75, 3.05) is 26.5 Å². The molecule has 0 unspecified atom stereocenters. The smallest absolute Gasteiger partial charge is 0.175 e. The van der Waals surface area contributed by atoms with E-state index in [4.69, 9.17) is 9.72 Å². The highest BCUT2D eigenvalue weighted by Crippen LogP contribution is 2.28. The first-order chi connectivity index (χ1) is 13.8. The lowest BCUT2D eigenvalue weighted by Crippen LogP contribution is -2.20. The van der Waals surface area contributed by atoms with Gasteiger partial charge in [-0.25, -0.2) is 13.4 Å². The SMILES string of the molecule is Cc1nc(-c2ccccc2)sc1CN(C)CCCOc1ccc(S(C)(=O)=O)cc1. The van der Waals surface area contributed by atoms with Crippen molar-refractivity contribution in [3.63, 3.8) is 0 Å². The van der Waals surface area contributed by atoms with E-state index in [0.29, 0.717) is 17.3 Å². The molecule has 3 rings (SSSR count). The first-order valence-electron chi connectivity index (χ1n) is 9.46. The van der Waals surface area contributed by atoms with Crippen molar-refractivity contribution in [3.8, 4) is 16.3 Å². The second-order valence-electron chi connectivity index (χ2n) is 7.08. The van der Waals surface area contributed by atoms with E-state index >= 15 is 0 Å². The van der Waals surface area contributed by atoms with E-state index in [-0.39, 0.29) is 0 Å². The van der Waals surface area contributed by atoms with E-state index in [2.05, 4.69) is 31.0 Å². The van der Waals surface area contributed by atoms with Crippen LogP contribution in [0, 0.1) is 6.92 Å². The van der Waals surface area contributed by atoms with Crippen LogP contribution in [0.5, 0.6) is 5.75 Å². The third-order valence-electron chi connectivity index (χ3n) is 4.53. The normalized spacial score (nSPS) is 11.7. The summed E-state index contributed by atoms with van der Waals surface area (Å²) in [7, 11) is -1.07. The summed E-state index contributed by atoms with van der Waals surface area (Å²) in [6.45, 7) is 4.41. The molecule has 0 N–H and O–H groups in total. The number of hydrogen-bond acceptors (Lipinski definition) is 6. The molecule has 1 aromatic heterocycles. The van der Waals surface area contributed by atoms with Crippen LogP contribution in [0.4, 0.5) is 0 Å². The molecule has 0 aliphatic rings. The van der Waals surface area contributed by atoms with E-state index in [1.807, 2.05) is 18.2 Å². The van der Waals surface area contributed by atoms with Gasteiger partial charge >= 0.3 is 0 Å². The van der Waals surface area contributed by atoms with Crippen molar-refractivity contribution in [1.29, 1.82) is 0 Å². The summed E-state index contributed by atoms with van der Waals surface area (Å²) in [5.41, 5.74) is 2.24. The highest BCUT2D eigenvalue weighted by molar-refractivity contribution is 7.90. The van der Waals surface area contributed by atoms with Gasteiger partial charge in [-0.05, 0) is 44.7 Å². The number of nitrogens with zero attached hydrogens (tertiary/aromatic N) is 2. The molecule has 0 spiro atoms. The molecule has 3 aromatic rings. The molecule has 0 aliphatic heterocycles. The lowest BCUT2D eigenvalue weighted by Gasteiger charge is -2.16. The molecule has 2 aromatic carbocycles. The van der Waals surface area contributed by atoms with Crippen molar-refractivity contribution in [3.05, 3.63) is 65.2 Å². The zero-order chi connectivity index (χ0) is 20.9. The number of aryl methyl sites for hydroxylation is 1. The van der Waals surface area contributed by atoms with E-state index in [1.54, 1.807) is 35.6 Å². The standard InChI is InChI=1S/C22H26N2O3S2/c1-17-21(28-22(23-17)18-8-5-4-6-9-18)16-24(2)14-7-15-27-19-10-12-20(13-11-19)29(3,25)26/h4-6,8-13H,7,14-16H2,1-3H3. The summed E-state index contributed by atoms with van der Waals surface area (Å²) < 4.78 is 28.7. The third kappa shape index (κ3) is 6.13. The Morgan fingerprint density at radius 2 is 1.76 bits per heavy atom. The molecule has 0 amide bonds. The highest BCUT2D eigenvalue weighted by Gasteiger charge is 2.11. The van der Waals surface area contributed by atoms with Crippen LogP contribution < -0.4 is 4.74 Å². The Morgan fingerprint density at radius 1 is 1.07 bits per heavy atom. The lowest BCUT2D eigenvalue weighted by atomic mass is 10.2. The van der Waals surface area contributed by atoms with Crippen molar-refractivity contribution < 1.29 is 13.2 Å². The van der Waals surface area contributed by atoms with Crippen LogP contribution in [-0.4, -0.2) is 44.8 Å². The minimum absolute atomic E-state index is 0.305. The van der Waals surface area contributed by atoms with E-state index < -0.39 is 9.84 Å².